The van der Waals surface area contributed by atoms with E-state index in [1.54, 1.807) is 13.3 Å². The number of nitrogens with two attached hydrogens (primary N) is 1. The van der Waals surface area contributed by atoms with Gasteiger partial charge in [0.05, 0.1) is 24.5 Å². The molecule has 2 aromatic heterocycles. The molecular weight excluding hydrogens is 402 g/mol. The number of aromatic nitrogens is 1. The number of hydrogen-bond donors (Lipinski definition) is 1. The average Bonchev–Trinajstić information content (AvgIpc) is 3.29. The Hall–Kier alpha value is -4.06. The van der Waals surface area contributed by atoms with Crippen LogP contribution in [0.3, 0.4) is 0 Å². The summed E-state index contributed by atoms with van der Waals surface area (Å²) in [7, 11) is 1.65. The van der Waals surface area contributed by atoms with E-state index in [2.05, 4.69) is 9.98 Å². The number of nitrogens with zero attached hydrogens (tertiary/aromatic N) is 2. The second-order valence-corrected chi connectivity index (χ2v) is 7.45. The van der Waals surface area contributed by atoms with Crippen molar-refractivity contribution in [2.75, 3.05) is 7.11 Å². The Morgan fingerprint density at radius 2 is 1.75 bits per heavy atom. The summed E-state index contributed by atoms with van der Waals surface area (Å²) >= 11 is 0. The zero-order valence-electron chi connectivity index (χ0n) is 18.3. The van der Waals surface area contributed by atoms with Crippen molar-refractivity contribution in [1.82, 2.24) is 4.98 Å². The van der Waals surface area contributed by atoms with Gasteiger partial charge in [0.25, 0.3) is 0 Å². The van der Waals surface area contributed by atoms with Crippen LogP contribution < -0.4 is 15.2 Å². The molecule has 0 saturated carbocycles. The molecule has 0 aliphatic heterocycles. The van der Waals surface area contributed by atoms with Gasteiger partial charge in [-0.1, -0.05) is 6.07 Å². The summed E-state index contributed by atoms with van der Waals surface area (Å²) in [6, 6.07) is 22.8. The first-order valence-electron chi connectivity index (χ1n) is 10.3. The third kappa shape index (κ3) is 4.81. The number of hydrogen-bond acceptors (Lipinski definition) is 5. The molecule has 0 aliphatic carbocycles. The molecule has 0 amide bonds. The van der Waals surface area contributed by atoms with Gasteiger partial charge >= 0.3 is 0 Å². The van der Waals surface area contributed by atoms with Crippen molar-refractivity contribution in [1.29, 1.82) is 0 Å². The van der Waals surface area contributed by atoms with Crippen LogP contribution in [0.25, 0.3) is 22.6 Å². The van der Waals surface area contributed by atoms with Gasteiger partial charge in [-0.15, -0.1) is 0 Å². The first-order chi connectivity index (χ1) is 15.5. The summed E-state index contributed by atoms with van der Waals surface area (Å²) in [6.45, 7) is 3.96. The maximum Gasteiger partial charge on any atom is 0.150 e. The minimum absolute atomic E-state index is 0.0165. The highest BCUT2D eigenvalue weighted by atomic mass is 16.5. The van der Waals surface area contributed by atoms with Gasteiger partial charge < -0.3 is 19.6 Å². The molecule has 0 spiro atoms. The van der Waals surface area contributed by atoms with Crippen molar-refractivity contribution < 1.29 is 13.9 Å². The minimum atomic E-state index is -0.0165. The lowest BCUT2D eigenvalue weighted by atomic mass is 10.1. The van der Waals surface area contributed by atoms with Gasteiger partial charge in [0.2, 0.25) is 0 Å². The minimum Gasteiger partial charge on any atom is -0.497 e. The van der Waals surface area contributed by atoms with Gasteiger partial charge in [-0.25, -0.2) is 4.99 Å². The second kappa shape index (κ2) is 9.39. The van der Waals surface area contributed by atoms with Crippen molar-refractivity contribution in [2.24, 2.45) is 10.7 Å². The fourth-order valence-electron chi connectivity index (χ4n) is 3.24. The number of aliphatic imine (C=N–C) groups is 1. The first kappa shape index (κ1) is 21.2. The lowest BCUT2D eigenvalue weighted by Gasteiger charge is -2.14. The van der Waals surface area contributed by atoms with Crippen LogP contribution in [-0.2, 0) is 0 Å². The third-order valence-corrected chi connectivity index (χ3v) is 4.75. The summed E-state index contributed by atoms with van der Waals surface area (Å²) in [4.78, 5) is 8.75. The highest BCUT2D eigenvalue weighted by Gasteiger charge is 2.14. The molecule has 0 fully saturated rings. The topological polar surface area (TPSA) is 82.9 Å². The largest absolute Gasteiger partial charge is 0.497 e. The van der Waals surface area contributed by atoms with Gasteiger partial charge in [-0.3, -0.25) is 4.98 Å². The number of ether oxygens (including phenoxy) is 2. The van der Waals surface area contributed by atoms with Crippen LogP contribution in [-0.4, -0.2) is 24.0 Å². The van der Waals surface area contributed by atoms with Gasteiger partial charge in [-0.2, -0.15) is 0 Å². The number of pyridine rings is 1. The van der Waals surface area contributed by atoms with E-state index in [-0.39, 0.29) is 6.10 Å². The average molecular weight is 428 g/mol. The fraction of sp³-hybridized carbons (Fsp3) is 0.154. The maximum absolute atomic E-state index is 6.15. The van der Waals surface area contributed by atoms with E-state index in [0.29, 0.717) is 28.7 Å². The summed E-state index contributed by atoms with van der Waals surface area (Å²) in [5, 5.41) is 0. The summed E-state index contributed by atoms with van der Waals surface area (Å²) in [5.41, 5.74) is 9.24. The lowest BCUT2D eigenvalue weighted by molar-refractivity contribution is 0.243. The monoisotopic (exact) mass is 427 g/mol. The van der Waals surface area contributed by atoms with Crippen LogP contribution in [0.5, 0.6) is 11.5 Å². The predicted octanol–water partition coefficient (Wildman–Crippen LogP) is 5.84. The summed E-state index contributed by atoms with van der Waals surface area (Å²) in [5.74, 6) is 3.29. The molecule has 6 heteroatoms. The van der Waals surface area contributed by atoms with E-state index in [0.717, 1.165) is 22.6 Å². The lowest BCUT2D eigenvalue weighted by Crippen LogP contribution is -2.14. The van der Waals surface area contributed by atoms with Crippen LogP contribution in [0.15, 0.2) is 88.4 Å². The molecule has 2 N–H and O–H groups in total. The Bertz CT molecular complexity index is 1210. The Morgan fingerprint density at radius 1 is 0.969 bits per heavy atom. The van der Waals surface area contributed by atoms with E-state index in [1.165, 1.54) is 0 Å². The van der Waals surface area contributed by atoms with Crippen molar-refractivity contribution in [3.63, 3.8) is 0 Å². The molecule has 4 rings (SSSR count). The number of benzene rings is 2. The smallest absolute Gasteiger partial charge is 0.150 e. The second-order valence-electron chi connectivity index (χ2n) is 7.45. The van der Waals surface area contributed by atoms with E-state index in [4.69, 9.17) is 19.6 Å². The molecule has 0 bridgehead atoms. The fourth-order valence-corrected chi connectivity index (χ4v) is 3.24. The van der Waals surface area contributed by atoms with E-state index < -0.39 is 0 Å². The summed E-state index contributed by atoms with van der Waals surface area (Å²) in [6.07, 6.45) is 1.67. The highest BCUT2D eigenvalue weighted by molar-refractivity contribution is 5.97. The van der Waals surface area contributed by atoms with Gasteiger partial charge in [0, 0.05) is 17.8 Å². The molecule has 4 aromatic rings. The van der Waals surface area contributed by atoms with Crippen LogP contribution >= 0.6 is 0 Å². The third-order valence-electron chi connectivity index (χ3n) is 4.75. The molecule has 162 valence electrons. The Morgan fingerprint density at radius 3 is 2.44 bits per heavy atom. The van der Waals surface area contributed by atoms with E-state index >= 15 is 0 Å². The standard InChI is InChI=1S/C26H25N3O3/c1-17(2)31-25-16-19(29-26(27)22-6-4-5-15-28-22)9-12-21(25)24-14-13-23(32-24)18-7-10-20(30-3)11-8-18/h4-17H,1-3H3,(H2,27,29). The van der Waals surface area contributed by atoms with E-state index in [9.17, 15) is 0 Å². The number of amidine groups is 1. The van der Waals surface area contributed by atoms with Gasteiger partial charge in [-0.05, 0) is 74.5 Å². The van der Waals surface area contributed by atoms with Crippen molar-refractivity contribution in [2.45, 2.75) is 20.0 Å². The van der Waals surface area contributed by atoms with Crippen LogP contribution in [0.2, 0.25) is 0 Å². The SMILES string of the molecule is COc1ccc(-c2ccc(-c3ccc(N=C(N)c4ccccn4)cc3OC(C)C)o2)cc1. The van der Waals surface area contributed by atoms with Crippen molar-refractivity contribution >= 4 is 11.5 Å². The Kier molecular flexibility index (Phi) is 6.22. The molecule has 2 heterocycles. The van der Waals surface area contributed by atoms with Gasteiger partial charge in [0.1, 0.15) is 34.5 Å². The number of methoxy groups -OCH3 is 1. The molecule has 0 unspecified atom stereocenters. The molecule has 2 aromatic carbocycles. The zero-order chi connectivity index (χ0) is 22.5. The number of furan rings is 1. The normalized spacial score (nSPS) is 11.6. The quantitative estimate of drug-likeness (QED) is 0.296. The van der Waals surface area contributed by atoms with Crippen LogP contribution in [0.4, 0.5) is 5.69 Å². The molecule has 0 saturated heterocycles. The molecule has 6 nitrogen and oxygen atoms in total. The predicted molar refractivity (Wildman–Crippen MR) is 127 cm³/mol. The zero-order valence-corrected chi connectivity index (χ0v) is 18.3. The summed E-state index contributed by atoms with van der Waals surface area (Å²) < 4.78 is 17.4. The Labute approximate surface area is 187 Å². The molecule has 0 aliphatic rings. The molecule has 0 atom stereocenters. The Balaban J connectivity index is 1.67. The maximum atomic E-state index is 6.15. The van der Waals surface area contributed by atoms with Crippen LogP contribution in [0.1, 0.15) is 19.5 Å². The van der Waals surface area contributed by atoms with Crippen LogP contribution in [0, 0.1) is 0 Å². The molecule has 0 radical (unpaired) electrons. The first-order valence-corrected chi connectivity index (χ1v) is 10.3. The van der Waals surface area contributed by atoms with Gasteiger partial charge in [0.15, 0.2) is 0 Å². The van der Waals surface area contributed by atoms with Crippen molar-refractivity contribution in [3.05, 3.63) is 84.7 Å². The molecule has 32 heavy (non-hydrogen) atoms. The van der Waals surface area contributed by atoms with E-state index in [1.807, 2.05) is 86.6 Å². The van der Waals surface area contributed by atoms with Crippen molar-refractivity contribution in [3.8, 4) is 34.1 Å². The number of rotatable bonds is 7. The highest BCUT2D eigenvalue weighted by Crippen LogP contribution is 2.37. The molecular formula is C26H25N3O3.